The molecule has 1 aromatic heterocycles. The number of likely N-dealkylation sites (tertiary alicyclic amines) is 1. The van der Waals surface area contributed by atoms with Crippen LogP contribution in [0.4, 0.5) is 24.7 Å². The normalized spacial score (nSPS) is 20.4. The number of piperidine rings is 1. The van der Waals surface area contributed by atoms with Crippen molar-refractivity contribution in [1.82, 2.24) is 15.1 Å². The number of aryl methyl sites for hydroxylation is 1. The Morgan fingerprint density at radius 3 is 2.50 bits per heavy atom. The van der Waals surface area contributed by atoms with Crippen molar-refractivity contribution in [2.75, 3.05) is 50.1 Å². The molecule has 0 amide bonds. The van der Waals surface area contributed by atoms with Gasteiger partial charge in [-0.1, -0.05) is 0 Å². The maximum atomic E-state index is 13.1. The Labute approximate surface area is 173 Å². The zero-order valence-electron chi connectivity index (χ0n) is 17.4. The molecule has 3 heterocycles. The summed E-state index contributed by atoms with van der Waals surface area (Å²) < 4.78 is 39.2. The molecule has 1 saturated heterocycles. The van der Waals surface area contributed by atoms with Crippen molar-refractivity contribution in [3.8, 4) is 17.0 Å². The molecule has 0 radical (unpaired) electrons. The van der Waals surface area contributed by atoms with Crippen molar-refractivity contribution < 1.29 is 18.3 Å². The molecule has 4 rings (SSSR count). The van der Waals surface area contributed by atoms with Crippen molar-refractivity contribution in [3.63, 3.8) is 0 Å². The maximum Gasteiger partial charge on any atom is 0.416 e. The lowest BCUT2D eigenvalue weighted by Gasteiger charge is -2.43. The first-order valence-electron chi connectivity index (χ1n) is 10.1. The topological polar surface area (TPSA) is 55.7 Å². The smallest absolute Gasteiger partial charge is 0.416 e. The van der Waals surface area contributed by atoms with Crippen molar-refractivity contribution in [2.45, 2.75) is 32.0 Å². The Balaban J connectivity index is 1.72. The summed E-state index contributed by atoms with van der Waals surface area (Å²) in [5.74, 6) is 0.345. The van der Waals surface area contributed by atoms with Crippen LogP contribution in [0.25, 0.3) is 11.3 Å². The van der Waals surface area contributed by atoms with Crippen molar-refractivity contribution >= 4 is 11.5 Å². The molecule has 1 fully saturated rings. The quantitative estimate of drug-likeness (QED) is 0.801. The van der Waals surface area contributed by atoms with E-state index < -0.39 is 17.5 Å². The van der Waals surface area contributed by atoms with E-state index in [9.17, 15) is 18.3 Å². The molecule has 9 heteroatoms. The second-order valence-corrected chi connectivity index (χ2v) is 8.30. The minimum Gasteiger partial charge on any atom is -0.507 e. The summed E-state index contributed by atoms with van der Waals surface area (Å²) in [6.45, 7) is 5.26. The third-order valence-electron chi connectivity index (χ3n) is 6.05. The van der Waals surface area contributed by atoms with Gasteiger partial charge in [-0.15, -0.1) is 10.2 Å². The van der Waals surface area contributed by atoms with Gasteiger partial charge in [0.2, 0.25) is 0 Å². The van der Waals surface area contributed by atoms with Gasteiger partial charge >= 0.3 is 6.18 Å². The van der Waals surface area contributed by atoms with E-state index in [4.69, 9.17) is 0 Å². The molecule has 2 aromatic rings. The lowest BCUT2D eigenvalue weighted by Crippen LogP contribution is -2.51. The Hall–Kier alpha value is -2.55. The largest absolute Gasteiger partial charge is 0.507 e. The van der Waals surface area contributed by atoms with Crippen LogP contribution in [0.3, 0.4) is 0 Å². The molecule has 0 aliphatic carbocycles. The number of halogens is 3. The average Bonchev–Trinajstić information content (AvgIpc) is 2.67. The van der Waals surface area contributed by atoms with Crippen LogP contribution < -0.4 is 9.80 Å². The summed E-state index contributed by atoms with van der Waals surface area (Å²) >= 11 is 0. The molecule has 2 aliphatic heterocycles. The standard InChI is InChI=1S/C21H26F3N5O/c1-13-9-14(21(22,23)24)10-18(30)19(13)16-11-17-20(26-25-16)29(8-7-28(17)3)15-5-4-6-27(2)12-15/h9-11,15,30H,4-8,12H2,1-3H3/t15-/m1/s1. The first-order valence-corrected chi connectivity index (χ1v) is 10.1. The highest BCUT2D eigenvalue weighted by Crippen LogP contribution is 2.41. The number of hydrogen-bond acceptors (Lipinski definition) is 6. The zero-order chi connectivity index (χ0) is 21.6. The number of rotatable bonds is 2. The predicted octanol–water partition coefficient (Wildman–Crippen LogP) is 3.53. The Kier molecular flexibility index (Phi) is 5.25. The molecule has 1 N–H and O–H groups in total. The number of aromatic nitrogens is 2. The summed E-state index contributed by atoms with van der Waals surface area (Å²) in [7, 11) is 4.09. The van der Waals surface area contributed by atoms with E-state index in [1.54, 1.807) is 6.92 Å². The molecule has 0 saturated carbocycles. The molecule has 6 nitrogen and oxygen atoms in total. The molecule has 1 atom stereocenters. The summed E-state index contributed by atoms with van der Waals surface area (Å²) in [4.78, 5) is 6.69. The molecule has 1 aromatic carbocycles. The van der Waals surface area contributed by atoms with Gasteiger partial charge < -0.3 is 19.8 Å². The van der Waals surface area contributed by atoms with Gasteiger partial charge in [0.25, 0.3) is 0 Å². The SMILES string of the molecule is Cc1cc(C(F)(F)F)cc(O)c1-c1cc2c(nn1)N([C@@H]1CCCN(C)C1)CCN2C. The second kappa shape index (κ2) is 7.61. The number of phenolic OH excluding ortho intramolecular Hbond substituents is 1. The number of anilines is 2. The van der Waals surface area contributed by atoms with Crippen LogP contribution >= 0.6 is 0 Å². The fraction of sp³-hybridized carbons (Fsp3) is 0.524. The fourth-order valence-corrected chi connectivity index (χ4v) is 4.48. The summed E-state index contributed by atoms with van der Waals surface area (Å²) in [5.41, 5.74) is 0.948. The first-order chi connectivity index (χ1) is 14.1. The Morgan fingerprint density at radius 2 is 1.83 bits per heavy atom. The fourth-order valence-electron chi connectivity index (χ4n) is 4.48. The number of fused-ring (bicyclic) bond motifs is 1. The molecular formula is C21H26F3N5O. The number of benzene rings is 1. The number of aromatic hydroxyl groups is 1. The molecule has 30 heavy (non-hydrogen) atoms. The van der Waals surface area contributed by atoms with Crippen LogP contribution in [-0.2, 0) is 6.18 Å². The molecular weight excluding hydrogens is 395 g/mol. The lowest BCUT2D eigenvalue weighted by atomic mass is 9.99. The van der Waals surface area contributed by atoms with Crippen molar-refractivity contribution in [2.24, 2.45) is 0 Å². The van der Waals surface area contributed by atoms with Gasteiger partial charge in [0.1, 0.15) is 5.75 Å². The average molecular weight is 421 g/mol. The highest BCUT2D eigenvalue weighted by atomic mass is 19.4. The van der Waals surface area contributed by atoms with E-state index in [1.165, 1.54) is 0 Å². The first kappa shape index (κ1) is 20.7. The number of hydrogen-bond donors (Lipinski definition) is 1. The Bertz CT molecular complexity index is 926. The van der Waals surface area contributed by atoms with Crippen LogP contribution in [0.1, 0.15) is 24.0 Å². The Morgan fingerprint density at radius 1 is 1.07 bits per heavy atom. The van der Waals surface area contributed by atoms with Crippen LogP contribution in [-0.4, -0.2) is 66.5 Å². The summed E-state index contributed by atoms with van der Waals surface area (Å²) in [6, 6.07) is 3.95. The number of likely N-dealkylation sites (N-methyl/N-ethyl adjacent to an activating group) is 2. The number of nitrogens with zero attached hydrogens (tertiary/aromatic N) is 5. The van der Waals surface area contributed by atoms with E-state index in [1.807, 2.05) is 13.1 Å². The van der Waals surface area contributed by atoms with Gasteiger partial charge in [-0.3, -0.25) is 0 Å². The highest BCUT2D eigenvalue weighted by Gasteiger charge is 2.33. The molecule has 0 spiro atoms. The van der Waals surface area contributed by atoms with E-state index in [0.717, 1.165) is 62.7 Å². The van der Waals surface area contributed by atoms with Gasteiger partial charge in [0.15, 0.2) is 5.82 Å². The van der Waals surface area contributed by atoms with E-state index in [2.05, 4.69) is 31.9 Å². The van der Waals surface area contributed by atoms with Crippen LogP contribution in [0.5, 0.6) is 5.75 Å². The summed E-state index contributed by atoms with van der Waals surface area (Å²) in [5, 5.41) is 19.1. The minimum atomic E-state index is -4.52. The maximum absolute atomic E-state index is 13.1. The number of phenols is 1. The summed E-state index contributed by atoms with van der Waals surface area (Å²) in [6.07, 6.45) is -2.29. The van der Waals surface area contributed by atoms with Gasteiger partial charge in [-0.2, -0.15) is 13.2 Å². The van der Waals surface area contributed by atoms with Crippen LogP contribution in [0.15, 0.2) is 18.2 Å². The minimum absolute atomic E-state index is 0.279. The third kappa shape index (κ3) is 3.78. The van der Waals surface area contributed by atoms with E-state index in [0.29, 0.717) is 17.3 Å². The van der Waals surface area contributed by atoms with Crippen molar-refractivity contribution in [1.29, 1.82) is 0 Å². The van der Waals surface area contributed by atoms with Crippen molar-refractivity contribution in [3.05, 3.63) is 29.3 Å². The molecule has 0 unspecified atom stereocenters. The van der Waals surface area contributed by atoms with E-state index in [-0.39, 0.29) is 5.56 Å². The third-order valence-corrected chi connectivity index (χ3v) is 6.05. The molecule has 0 bridgehead atoms. The van der Waals surface area contributed by atoms with Gasteiger partial charge in [-0.25, -0.2) is 0 Å². The van der Waals surface area contributed by atoms with E-state index >= 15 is 0 Å². The van der Waals surface area contributed by atoms with Gasteiger partial charge in [-0.05, 0) is 57.1 Å². The second-order valence-electron chi connectivity index (χ2n) is 8.30. The molecule has 2 aliphatic rings. The predicted molar refractivity (Wildman–Crippen MR) is 110 cm³/mol. The number of alkyl halides is 3. The van der Waals surface area contributed by atoms with Crippen LogP contribution in [0, 0.1) is 6.92 Å². The zero-order valence-corrected chi connectivity index (χ0v) is 17.4. The molecule has 162 valence electrons. The highest BCUT2D eigenvalue weighted by molar-refractivity contribution is 5.78. The lowest BCUT2D eigenvalue weighted by molar-refractivity contribution is -0.137. The van der Waals surface area contributed by atoms with Gasteiger partial charge in [0.05, 0.1) is 16.9 Å². The van der Waals surface area contributed by atoms with Gasteiger partial charge in [0, 0.05) is 38.3 Å². The monoisotopic (exact) mass is 421 g/mol. The van der Waals surface area contributed by atoms with Crippen LogP contribution in [0.2, 0.25) is 0 Å².